The van der Waals surface area contributed by atoms with Crippen LogP contribution in [0.1, 0.15) is 47.9 Å². The summed E-state index contributed by atoms with van der Waals surface area (Å²) in [5.41, 5.74) is 4.20. The van der Waals surface area contributed by atoms with Crippen LogP contribution < -0.4 is 5.32 Å². The van der Waals surface area contributed by atoms with Gasteiger partial charge in [0, 0.05) is 29.8 Å². The molecule has 0 spiro atoms. The van der Waals surface area contributed by atoms with Crippen LogP contribution in [0.5, 0.6) is 0 Å². The molecule has 0 radical (unpaired) electrons. The molecule has 0 unspecified atom stereocenters. The standard InChI is InChI=1S/C29H34N2O2.ClH/c1-23-11-15-25(16-12-23)29(26-17-13-24(2)14-18-26,19-22-31-20-7-4-8-21-31)33-28(32)30-27-9-5-3-6-10-27;/h3,5-6,9-18H,4,7-8,19-22H2,1-2H3,(H,30,32);1H. The Morgan fingerprint density at radius 2 is 1.35 bits per heavy atom. The van der Waals surface area contributed by atoms with Crippen LogP contribution in [0.2, 0.25) is 0 Å². The second-order valence-electron chi connectivity index (χ2n) is 9.09. The number of nitrogens with one attached hydrogen (secondary N) is 1. The number of carbonyl (C=O) groups is 1. The van der Waals surface area contributed by atoms with Crippen LogP contribution in [0.4, 0.5) is 10.5 Å². The highest BCUT2D eigenvalue weighted by Crippen LogP contribution is 2.38. The van der Waals surface area contributed by atoms with E-state index < -0.39 is 11.7 Å². The first-order valence-electron chi connectivity index (χ1n) is 12.0. The summed E-state index contributed by atoms with van der Waals surface area (Å²) < 4.78 is 6.41. The van der Waals surface area contributed by atoms with E-state index in [1.54, 1.807) is 0 Å². The zero-order valence-corrected chi connectivity index (χ0v) is 20.9. The maximum atomic E-state index is 13.2. The molecule has 4 nitrogen and oxygen atoms in total. The summed E-state index contributed by atoms with van der Waals surface area (Å²) >= 11 is 0. The van der Waals surface area contributed by atoms with Crippen LogP contribution in [-0.4, -0.2) is 30.6 Å². The van der Waals surface area contributed by atoms with E-state index in [-0.39, 0.29) is 12.4 Å². The number of halogens is 1. The molecule has 1 N–H and O–H groups in total. The average molecular weight is 479 g/mol. The van der Waals surface area contributed by atoms with Gasteiger partial charge in [0.05, 0.1) is 0 Å². The zero-order chi connectivity index (χ0) is 23.1. The third-order valence-corrected chi connectivity index (χ3v) is 6.55. The van der Waals surface area contributed by atoms with E-state index >= 15 is 0 Å². The molecule has 180 valence electrons. The van der Waals surface area contributed by atoms with Crippen molar-refractivity contribution in [3.63, 3.8) is 0 Å². The number of carbonyl (C=O) groups excluding carboxylic acids is 1. The summed E-state index contributed by atoms with van der Waals surface area (Å²) in [5, 5.41) is 2.92. The molecule has 3 aromatic rings. The molecule has 1 fully saturated rings. The first-order chi connectivity index (χ1) is 16.0. The van der Waals surface area contributed by atoms with Crippen molar-refractivity contribution in [3.8, 4) is 0 Å². The Hall–Kier alpha value is -2.82. The second kappa shape index (κ2) is 12.0. The highest BCUT2D eigenvalue weighted by Gasteiger charge is 2.39. The van der Waals surface area contributed by atoms with Crippen molar-refractivity contribution in [2.45, 2.75) is 45.1 Å². The number of piperidine rings is 1. The van der Waals surface area contributed by atoms with Crippen LogP contribution in [0.15, 0.2) is 78.9 Å². The van der Waals surface area contributed by atoms with Gasteiger partial charge in [0.1, 0.15) is 0 Å². The van der Waals surface area contributed by atoms with Crippen molar-refractivity contribution in [1.82, 2.24) is 4.90 Å². The fraction of sp³-hybridized carbons (Fsp3) is 0.345. The van der Waals surface area contributed by atoms with Gasteiger partial charge in [0.25, 0.3) is 0 Å². The van der Waals surface area contributed by atoms with Crippen LogP contribution in [-0.2, 0) is 10.3 Å². The number of nitrogens with zero attached hydrogens (tertiary/aromatic N) is 1. The normalized spacial score (nSPS) is 14.2. The molecule has 0 saturated carbocycles. The first kappa shape index (κ1) is 25.8. The van der Waals surface area contributed by atoms with E-state index in [0.29, 0.717) is 6.42 Å². The van der Waals surface area contributed by atoms with Crippen molar-refractivity contribution in [1.29, 1.82) is 0 Å². The fourth-order valence-electron chi connectivity index (χ4n) is 4.59. The molecule has 34 heavy (non-hydrogen) atoms. The Morgan fingerprint density at radius 3 is 1.88 bits per heavy atom. The Bertz CT molecular complexity index is 984. The monoisotopic (exact) mass is 478 g/mol. The largest absolute Gasteiger partial charge is 0.433 e. The summed E-state index contributed by atoms with van der Waals surface area (Å²) in [6.07, 6.45) is 4.02. The Kier molecular flexibility index (Phi) is 9.14. The van der Waals surface area contributed by atoms with E-state index in [1.165, 1.54) is 30.4 Å². The fourth-order valence-corrected chi connectivity index (χ4v) is 4.59. The summed E-state index contributed by atoms with van der Waals surface area (Å²) in [5.74, 6) is 0. The summed E-state index contributed by atoms with van der Waals surface area (Å²) in [7, 11) is 0. The maximum absolute atomic E-state index is 13.2. The molecule has 1 aliphatic rings. The number of hydrogen-bond donors (Lipinski definition) is 1. The number of benzene rings is 3. The quantitative estimate of drug-likeness (QED) is 0.394. The molecule has 0 bridgehead atoms. The lowest BCUT2D eigenvalue weighted by Gasteiger charge is -2.37. The molecule has 0 aromatic heterocycles. The van der Waals surface area contributed by atoms with E-state index in [4.69, 9.17) is 4.74 Å². The van der Waals surface area contributed by atoms with Crippen LogP contribution in [0.25, 0.3) is 0 Å². The minimum Gasteiger partial charge on any atom is -0.433 e. The topological polar surface area (TPSA) is 41.6 Å². The van der Waals surface area contributed by atoms with Crippen LogP contribution in [0.3, 0.4) is 0 Å². The number of amides is 1. The van der Waals surface area contributed by atoms with Gasteiger partial charge >= 0.3 is 6.09 Å². The number of hydrogen-bond acceptors (Lipinski definition) is 3. The lowest BCUT2D eigenvalue weighted by molar-refractivity contribution is 0.0315. The SMILES string of the molecule is Cc1ccc(C(CCN2CCCCC2)(OC(=O)Nc2ccccc2)c2ccc(C)cc2)cc1.Cl. The van der Waals surface area contributed by atoms with Crippen molar-refractivity contribution >= 4 is 24.2 Å². The van der Waals surface area contributed by atoms with E-state index in [1.807, 2.05) is 30.3 Å². The molecule has 1 amide bonds. The van der Waals surface area contributed by atoms with Gasteiger partial charge in [0.15, 0.2) is 5.60 Å². The maximum Gasteiger partial charge on any atom is 0.412 e. The number of likely N-dealkylation sites (tertiary alicyclic amines) is 1. The van der Waals surface area contributed by atoms with E-state index in [2.05, 4.69) is 72.6 Å². The Balaban J connectivity index is 0.00000324. The van der Waals surface area contributed by atoms with Crippen molar-refractivity contribution in [2.75, 3.05) is 25.0 Å². The van der Waals surface area contributed by atoms with Gasteiger partial charge in [-0.2, -0.15) is 0 Å². The molecule has 5 heteroatoms. The number of para-hydroxylation sites is 1. The number of ether oxygens (including phenoxy) is 1. The predicted octanol–water partition coefficient (Wildman–Crippen LogP) is 7.09. The number of aryl methyl sites for hydroxylation is 2. The van der Waals surface area contributed by atoms with Crippen LogP contribution >= 0.6 is 12.4 Å². The summed E-state index contributed by atoms with van der Waals surface area (Å²) in [4.78, 5) is 15.7. The van der Waals surface area contributed by atoms with E-state index in [0.717, 1.165) is 36.4 Å². The molecular weight excluding hydrogens is 444 g/mol. The summed E-state index contributed by atoms with van der Waals surface area (Å²) in [6.45, 7) is 7.24. The smallest absolute Gasteiger partial charge is 0.412 e. The van der Waals surface area contributed by atoms with Gasteiger partial charge in [-0.3, -0.25) is 5.32 Å². The average Bonchev–Trinajstić information content (AvgIpc) is 2.84. The predicted molar refractivity (Wildman–Crippen MR) is 142 cm³/mol. The van der Waals surface area contributed by atoms with E-state index in [9.17, 15) is 4.79 Å². The van der Waals surface area contributed by atoms with Gasteiger partial charge in [-0.25, -0.2) is 4.79 Å². The Morgan fingerprint density at radius 1 is 0.824 bits per heavy atom. The molecule has 0 atom stereocenters. The second-order valence-corrected chi connectivity index (χ2v) is 9.09. The zero-order valence-electron chi connectivity index (χ0n) is 20.1. The number of rotatable bonds is 7. The van der Waals surface area contributed by atoms with Crippen molar-refractivity contribution in [2.24, 2.45) is 0 Å². The third kappa shape index (κ3) is 6.40. The molecule has 1 saturated heterocycles. The van der Waals surface area contributed by atoms with Gasteiger partial charge in [-0.15, -0.1) is 12.4 Å². The molecule has 0 aliphatic carbocycles. The van der Waals surface area contributed by atoms with Gasteiger partial charge in [-0.1, -0.05) is 84.3 Å². The van der Waals surface area contributed by atoms with Gasteiger partial charge < -0.3 is 9.64 Å². The number of anilines is 1. The minimum atomic E-state index is -0.877. The minimum absolute atomic E-state index is 0. The van der Waals surface area contributed by atoms with Crippen molar-refractivity contribution < 1.29 is 9.53 Å². The summed E-state index contributed by atoms with van der Waals surface area (Å²) in [6, 6.07) is 26.2. The molecular formula is C29H35ClN2O2. The molecule has 4 rings (SSSR count). The highest BCUT2D eigenvalue weighted by molar-refractivity contribution is 5.85. The van der Waals surface area contributed by atoms with Gasteiger partial charge in [-0.05, 0) is 51.9 Å². The molecule has 1 aliphatic heterocycles. The van der Waals surface area contributed by atoms with Gasteiger partial charge in [0.2, 0.25) is 0 Å². The highest BCUT2D eigenvalue weighted by atomic mass is 35.5. The Labute approximate surface area is 209 Å². The first-order valence-corrected chi connectivity index (χ1v) is 12.0. The van der Waals surface area contributed by atoms with Crippen molar-refractivity contribution in [3.05, 3.63) is 101 Å². The third-order valence-electron chi connectivity index (χ3n) is 6.55. The van der Waals surface area contributed by atoms with Crippen LogP contribution in [0, 0.1) is 13.8 Å². The molecule has 3 aromatic carbocycles. The lowest BCUT2D eigenvalue weighted by atomic mass is 9.82. The molecule has 1 heterocycles. The lowest BCUT2D eigenvalue weighted by Crippen LogP contribution is -2.40.